The van der Waals surface area contributed by atoms with Gasteiger partial charge in [0.2, 0.25) is 5.91 Å². The zero-order chi connectivity index (χ0) is 15.9. The Morgan fingerprint density at radius 2 is 1.73 bits per heavy atom. The van der Waals surface area contributed by atoms with Crippen LogP contribution in [0.25, 0.3) is 6.08 Å². The predicted molar refractivity (Wildman–Crippen MR) is 96.0 cm³/mol. The van der Waals surface area contributed by atoms with E-state index in [0.717, 1.165) is 11.3 Å². The SMILES string of the molecule is Cc1ccc(C=CC(=O)NC(=S)Nc2ccc(Cl)cc2)cc1. The molecule has 3 nitrogen and oxygen atoms in total. The molecule has 2 rings (SSSR count). The summed E-state index contributed by atoms with van der Waals surface area (Å²) in [6.45, 7) is 2.01. The maximum absolute atomic E-state index is 11.8. The third-order valence-electron chi connectivity index (χ3n) is 2.84. The standard InChI is InChI=1S/C17H15ClN2OS/c1-12-2-4-13(5-3-12)6-11-16(21)20-17(22)19-15-9-7-14(18)8-10-15/h2-11H,1H3,(H2,19,20,21,22). The van der Waals surface area contributed by atoms with Crippen molar-refractivity contribution in [1.82, 2.24) is 5.32 Å². The number of rotatable bonds is 3. The second-order valence-corrected chi connectivity index (χ2v) is 5.54. The first kappa shape index (κ1) is 16.2. The van der Waals surface area contributed by atoms with Gasteiger partial charge in [-0.25, -0.2) is 0 Å². The highest BCUT2D eigenvalue weighted by Crippen LogP contribution is 2.13. The lowest BCUT2D eigenvalue weighted by atomic mass is 10.1. The molecule has 0 heterocycles. The van der Waals surface area contributed by atoms with Crippen LogP contribution in [0.1, 0.15) is 11.1 Å². The molecule has 0 saturated heterocycles. The number of aryl methyl sites for hydroxylation is 1. The monoisotopic (exact) mass is 330 g/mol. The summed E-state index contributed by atoms with van der Waals surface area (Å²) in [4.78, 5) is 11.8. The van der Waals surface area contributed by atoms with E-state index in [-0.39, 0.29) is 11.0 Å². The maximum Gasteiger partial charge on any atom is 0.250 e. The van der Waals surface area contributed by atoms with Gasteiger partial charge < -0.3 is 5.32 Å². The Morgan fingerprint density at radius 3 is 2.36 bits per heavy atom. The molecule has 0 spiro atoms. The molecule has 0 aliphatic rings. The van der Waals surface area contributed by atoms with Crippen molar-refractivity contribution in [3.63, 3.8) is 0 Å². The van der Waals surface area contributed by atoms with E-state index < -0.39 is 0 Å². The molecule has 0 unspecified atom stereocenters. The molecule has 5 heteroatoms. The topological polar surface area (TPSA) is 41.1 Å². The molecular formula is C17H15ClN2OS. The van der Waals surface area contributed by atoms with Crippen LogP contribution in [0.2, 0.25) is 5.02 Å². The van der Waals surface area contributed by atoms with Gasteiger partial charge in [-0.15, -0.1) is 0 Å². The molecule has 22 heavy (non-hydrogen) atoms. The van der Waals surface area contributed by atoms with Gasteiger partial charge in [-0.1, -0.05) is 41.4 Å². The van der Waals surface area contributed by atoms with E-state index in [1.54, 1.807) is 30.3 Å². The Balaban J connectivity index is 1.87. The number of hydrogen-bond donors (Lipinski definition) is 2. The molecule has 0 bridgehead atoms. The Labute approximate surface area is 140 Å². The van der Waals surface area contributed by atoms with Gasteiger partial charge in [-0.05, 0) is 55.0 Å². The lowest BCUT2D eigenvalue weighted by Crippen LogP contribution is -2.32. The van der Waals surface area contributed by atoms with Crippen LogP contribution >= 0.6 is 23.8 Å². The highest BCUT2D eigenvalue weighted by atomic mass is 35.5. The average molecular weight is 331 g/mol. The van der Waals surface area contributed by atoms with E-state index in [0.29, 0.717) is 5.02 Å². The molecule has 0 atom stereocenters. The fraction of sp³-hybridized carbons (Fsp3) is 0.0588. The maximum atomic E-state index is 11.8. The van der Waals surface area contributed by atoms with Crippen molar-refractivity contribution < 1.29 is 4.79 Å². The summed E-state index contributed by atoms with van der Waals surface area (Å²) in [6.07, 6.45) is 3.18. The molecule has 0 saturated carbocycles. The molecule has 0 fully saturated rings. The number of thiocarbonyl (C=S) groups is 1. The summed E-state index contributed by atoms with van der Waals surface area (Å²) >= 11 is 10.9. The van der Waals surface area contributed by atoms with Crippen molar-refractivity contribution in [1.29, 1.82) is 0 Å². The van der Waals surface area contributed by atoms with Gasteiger partial charge in [0.25, 0.3) is 0 Å². The summed E-state index contributed by atoms with van der Waals surface area (Å²) in [5.41, 5.74) is 2.89. The number of halogens is 1. The van der Waals surface area contributed by atoms with E-state index >= 15 is 0 Å². The summed E-state index contributed by atoms with van der Waals surface area (Å²) < 4.78 is 0. The van der Waals surface area contributed by atoms with Crippen molar-refractivity contribution in [2.24, 2.45) is 0 Å². The minimum absolute atomic E-state index is 0.237. The van der Waals surface area contributed by atoms with E-state index in [4.69, 9.17) is 23.8 Å². The fourth-order valence-electron chi connectivity index (χ4n) is 1.70. The Hall–Kier alpha value is -2.17. The minimum Gasteiger partial charge on any atom is -0.332 e. The molecule has 0 aromatic heterocycles. The van der Waals surface area contributed by atoms with Crippen molar-refractivity contribution in [3.8, 4) is 0 Å². The number of amides is 1. The Kier molecular flexibility index (Phi) is 5.69. The molecule has 1 amide bonds. The van der Waals surface area contributed by atoms with Gasteiger partial charge in [-0.3, -0.25) is 10.1 Å². The quantitative estimate of drug-likeness (QED) is 0.655. The highest BCUT2D eigenvalue weighted by molar-refractivity contribution is 7.80. The lowest BCUT2D eigenvalue weighted by Gasteiger charge is -2.07. The third kappa shape index (κ3) is 5.31. The number of carbonyl (C=O) groups is 1. The van der Waals surface area contributed by atoms with Crippen molar-refractivity contribution in [2.45, 2.75) is 6.92 Å². The van der Waals surface area contributed by atoms with Crippen LogP contribution in [-0.2, 0) is 4.79 Å². The number of carbonyl (C=O) groups excluding carboxylic acids is 1. The summed E-state index contributed by atoms with van der Waals surface area (Å²) in [5.74, 6) is -0.285. The molecule has 0 aliphatic carbocycles. The molecule has 2 aromatic carbocycles. The normalized spacial score (nSPS) is 10.5. The fourth-order valence-corrected chi connectivity index (χ4v) is 2.04. The highest BCUT2D eigenvalue weighted by Gasteiger charge is 2.01. The molecule has 0 aliphatic heterocycles. The third-order valence-corrected chi connectivity index (χ3v) is 3.30. The summed E-state index contributed by atoms with van der Waals surface area (Å²) in [6, 6.07) is 14.9. The van der Waals surface area contributed by atoms with Crippen molar-refractivity contribution in [3.05, 3.63) is 70.8 Å². The van der Waals surface area contributed by atoms with Crippen LogP contribution in [0.15, 0.2) is 54.6 Å². The molecule has 2 aromatic rings. The first-order valence-corrected chi connectivity index (χ1v) is 7.44. The van der Waals surface area contributed by atoms with Gasteiger partial charge in [0.05, 0.1) is 0 Å². The summed E-state index contributed by atoms with van der Waals surface area (Å²) in [5, 5.41) is 6.38. The van der Waals surface area contributed by atoms with Gasteiger partial charge in [-0.2, -0.15) is 0 Å². The van der Waals surface area contributed by atoms with E-state index in [1.807, 2.05) is 31.2 Å². The largest absolute Gasteiger partial charge is 0.332 e. The molecule has 2 N–H and O–H groups in total. The van der Waals surface area contributed by atoms with Gasteiger partial charge in [0.1, 0.15) is 0 Å². The van der Waals surface area contributed by atoms with E-state index in [1.165, 1.54) is 11.6 Å². The number of nitrogens with one attached hydrogen (secondary N) is 2. The van der Waals surface area contributed by atoms with Crippen molar-refractivity contribution in [2.75, 3.05) is 5.32 Å². The second kappa shape index (κ2) is 7.73. The lowest BCUT2D eigenvalue weighted by molar-refractivity contribution is -0.115. The van der Waals surface area contributed by atoms with Crippen molar-refractivity contribution >= 4 is 46.6 Å². The van der Waals surface area contributed by atoms with E-state index in [9.17, 15) is 4.79 Å². The average Bonchev–Trinajstić information content (AvgIpc) is 2.49. The van der Waals surface area contributed by atoms with Crippen LogP contribution in [0.3, 0.4) is 0 Å². The number of hydrogen-bond acceptors (Lipinski definition) is 2. The first-order chi connectivity index (χ1) is 10.5. The number of anilines is 1. The zero-order valence-electron chi connectivity index (χ0n) is 12.0. The van der Waals surface area contributed by atoms with Crippen LogP contribution in [0.4, 0.5) is 5.69 Å². The molecule has 112 valence electrons. The zero-order valence-corrected chi connectivity index (χ0v) is 13.5. The second-order valence-electron chi connectivity index (χ2n) is 4.69. The molecule has 0 radical (unpaired) electrons. The van der Waals surface area contributed by atoms with Gasteiger partial charge >= 0.3 is 0 Å². The van der Waals surface area contributed by atoms with Crippen LogP contribution in [-0.4, -0.2) is 11.0 Å². The van der Waals surface area contributed by atoms with Crippen LogP contribution in [0, 0.1) is 6.92 Å². The first-order valence-electron chi connectivity index (χ1n) is 6.65. The minimum atomic E-state index is -0.285. The van der Waals surface area contributed by atoms with Gasteiger partial charge in [0.15, 0.2) is 5.11 Å². The van der Waals surface area contributed by atoms with E-state index in [2.05, 4.69) is 10.6 Å². The Morgan fingerprint density at radius 1 is 1.09 bits per heavy atom. The summed E-state index contributed by atoms with van der Waals surface area (Å²) in [7, 11) is 0. The Bertz CT molecular complexity index is 694. The molecular weight excluding hydrogens is 316 g/mol. The predicted octanol–water partition coefficient (Wildman–Crippen LogP) is 4.17. The van der Waals surface area contributed by atoms with Crippen LogP contribution < -0.4 is 10.6 Å². The number of benzene rings is 2. The van der Waals surface area contributed by atoms with Crippen LogP contribution in [0.5, 0.6) is 0 Å². The smallest absolute Gasteiger partial charge is 0.250 e. The van der Waals surface area contributed by atoms with Gasteiger partial charge in [0, 0.05) is 16.8 Å².